The predicted octanol–water partition coefficient (Wildman–Crippen LogP) is 7.51. The van der Waals surface area contributed by atoms with E-state index in [-0.39, 0.29) is 31.3 Å². The van der Waals surface area contributed by atoms with Crippen LogP contribution in [0.4, 0.5) is 21.6 Å². The molecule has 0 fully saturated rings. The number of nitrogens with zero attached hydrogens (tertiary/aromatic N) is 2. The average Bonchev–Trinajstić information content (AvgIpc) is 3.82. The lowest BCUT2D eigenvalue weighted by atomic mass is 9.97. The number of aliphatic hydroxyl groups is 3. The Morgan fingerprint density at radius 1 is 0.641 bits per heavy atom. The molecule has 0 saturated heterocycles. The molecule has 0 aliphatic rings. The van der Waals surface area contributed by atoms with E-state index in [0.29, 0.717) is 44.2 Å². The highest BCUT2D eigenvalue weighted by molar-refractivity contribution is 7.90. The van der Waals surface area contributed by atoms with E-state index < -0.39 is 38.5 Å². The SMILES string of the molecule is CC(C)(O)COCc1cccc(Nc2sc(-c3ccc(C(C)(C)O)cc3)cc2C(N)=O)n1.CC(C)(O)COCc1cccc(Nc2sc(-c3ccc(S(C)(=O)=O)cc3)cc2C(N)=O)n1. The maximum absolute atomic E-state index is 12.0. The number of rotatable bonds is 18. The molecule has 6 aromatic rings. The Morgan fingerprint density at radius 2 is 1.03 bits per heavy atom. The van der Waals surface area contributed by atoms with Gasteiger partial charge in [-0.05, 0) is 107 Å². The van der Waals surface area contributed by atoms with E-state index in [1.165, 1.54) is 34.8 Å². The summed E-state index contributed by atoms with van der Waals surface area (Å²) < 4.78 is 34.4. The van der Waals surface area contributed by atoms with Gasteiger partial charge in [0.15, 0.2) is 9.84 Å². The van der Waals surface area contributed by atoms with Crippen LogP contribution >= 0.6 is 22.7 Å². The normalized spacial score (nSPS) is 12.0. The second-order valence-corrected chi connectivity index (χ2v) is 20.9. The van der Waals surface area contributed by atoms with E-state index in [1.807, 2.05) is 36.4 Å². The quantitative estimate of drug-likeness (QED) is 0.0441. The average molecular weight is 931 g/mol. The molecule has 2 amide bonds. The molecule has 0 saturated carbocycles. The van der Waals surface area contributed by atoms with Crippen LogP contribution in [0.25, 0.3) is 20.9 Å². The van der Waals surface area contributed by atoms with Gasteiger partial charge in [-0.15, -0.1) is 22.7 Å². The number of nitrogens with one attached hydrogen (secondary N) is 2. The number of benzene rings is 2. The highest BCUT2D eigenvalue weighted by Crippen LogP contribution is 2.39. The molecule has 0 radical (unpaired) electrons. The zero-order valence-electron chi connectivity index (χ0n) is 36.6. The monoisotopic (exact) mass is 930 g/mol. The first-order chi connectivity index (χ1) is 29.8. The molecule has 4 aromatic heterocycles. The summed E-state index contributed by atoms with van der Waals surface area (Å²) in [5.74, 6) is -0.0551. The van der Waals surface area contributed by atoms with Crippen LogP contribution in [0.3, 0.4) is 0 Å². The van der Waals surface area contributed by atoms with Gasteiger partial charge in [0, 0.05) is 16.0 Å². The molecule has 6 rings (SSSR count). The number of anilines is 4. The molecule has 0 spiro atoms. The summed E-state index contributed by atoms with van der Waals surface area (Å²) in [7, 11) is -3.29. The maximum Gasteiger partial charge on any atom is 0.251 e. The van der Waals surface area contributed by atoms with Gasteiger partial charge >= 0.3 is 0 Å². The Balaban J connectivity index is 0.000000241. The minimum Gasteiger partial charge on any atom is -0.388 e. The van der Waals surface area contributed by atoms with Crippen molar-refractivity contribution in [2.75, 3.05) is 30.1 Å². The Morgan fingerprint density at radius 3 is 1.38 bits per heavy atom. The Labute approximate surface area is 381 Å². The number of pyridine rings is 2. The van der Waals surface area contributed by atoms with Gasteiger partial charge in [-0.25, -0.2) is 18.4 Å². The topological polar surface area (TPSA) is 249 Å². The predicted molar refractivity (Wildman–Crippen MR) is 252 cm³/mol. The fourth-order valence-corrected chi connectivity index (χ4v) is 8.61. The summed E-state index contributed by atoms with van der Waals surface area (Å²) in [4.78, 5) is 34.9. The van der Waals surface area contributed by atoms with Gasteiger partial charge in [-0.1, -0.05) is 48.5 Å². The molecule has 9 N–H and O–H groups in total. The Bertz CT molecular complexity index is 2660. The van der Waals surface area contributed by atoms with Crippen molar-refractivity contribution >= 4 is 66.0 Å². The number of sulfone groups is 1. The Kier molecular flexibility index (Phi) is 15.8. The maximum atomic E-state index is 12.0. The van der Waals surface area contributed by atoms with Crippen LogP contribution in [0.1, 0.15) is 79.2 Å². The zero-order valence-corrected chi connectivity index (χ0v) is 39.1. The van der Waals surface area contributed by atoms with Gasteiger partial charge in [0.1, 0.15) is 21.6 Å². The molecule has 18 heteroatoms. The van der Waals surface area contributed by atoms with Crippen LogP contribution in [0.5, 0.6) is 0 Å². The molecule has 0 aliphatic carbocycles. The molecule has 2 aromatic carbocycles. The van der Waals surface area contributed by atoms with Gasteiger partial charge in [0.25, 0.3) is 11.8 Å². The van der Waals surface area contributed by atoms with Crippen molar-refractivity contribution in [3.63, 3.8) is 0 Å². The van der Waals surface area contributed by atoms with Crippen molar-refractivity contribution in [2.24, 2.45) is 11.5 Å². The van der Waals surface area contributed by atoms with Gasteiger partial charge in [-0.3, -0.25) is 9.59 Å². The summed E-state index contributed by atoms with van der Waals surface area (Å²) in [6.45, 7) is 11.0. The number of ether oxygens (including phenoxy) is 2. The summed E-state index contributed by atoms with van der Waals surface area (Å²) in [6.07, 6.45) is 1.15. The largest absolute Gasteiger partial charge is 0.388 e. The number of amides is 2. The number of thiophene rings is 2. The minimum absolute atomic E-state index is 0.171. The van der Waals surface area contributed by atoms with Crippen LogP contribution in [0.2, 0.25) is 0 Å². The van der Waals surface area contributed by atoms with Crippen LogP contribution in [-0.4, -0.2) is 76.2 Å². The lowest BCUT2D eigenvalue weighted by molar-refractivity contribution is -0.0278. The lowest BCUT2D eigenvalue weighted by Gasteiger charge is -2.17. The van der Waals surface area contributed by atoms with Crippen LogP contribution in [-0.2, 0) is 38.1 Å². The van der Waals surface area contributed by atoms with E-state index in [2.05, 4.69) is 20.6 Å². The van der Waals surface area contributed by atoms with E-state index in [1.54, 1.807) is 90.1 Å². The number of nitrogens with two attached hydrogens (primary N) is 2. The first-order valence-corrected chi connectivity index (χ1v) is 23.4. The fraction of sp³-hybridized carbons (Fsp3) is 0.304. The van der Waals surface area contributed by atoms with Crippen molar-refractivity contribution < 1.29 is 42.8 Å². The van der Waals surface area contributed by atoms with Gasteiger partial charge < -0.3 is 46.9 Å². The third kappa shape index (κ3) is 14.7. The summed E-state index contributed by atoms with van der Waals surface area (Å²) in [5, 5.41) is 37.1. The highest BCUT2D eigenvalue weighted by atomic mass is 32.2. The highest BCUT2D eigenvalue weighted by Gasteiger charge is 2.20. The molecule has 340 valence electrons. The molecular weight excluding hydrogens is 877 g/mol. The fourth-order valence-electron chi connectivity index (χ4n) is 5.83. The molecule has 64 heavy (non-hydrogen) atoms. The number of primary amides is 2. The minimum atomic E-state index is -3.29. The van der Waals surface area contributed by atoms with E-state index >= 15 is 0 Å². The first-order valence-electron chi connectivity index (χ1n) is 19.9. The smallest absolute Gasteiger partial charge is 0.251 e. The number of carbonyl (C=O) groups excluding carboxylic acids is 2. The summed E-state index contributed by atoms with van der Waals surface area (Å²) >= 11 is 2.71. The van der Waals surface area contributed by atoms with Gasteiger partial charge in [-0.2, -0.15) is 0 Å². The first kappa shape index (κ1) is 49.4. The third-order valence-corrected chi connectivity index (χ3v) is 12.3. The molecule has 0 atom stereocenters. The van der Waals surface area contributed by atoms with Crippen molar-refractivity contribution in [2.45, 2.75) is 76.5 Å². The molecule has 0 aliphatic heterocycles. The van der Waals surface area contributed by atoms with Crippen LogP contribution in [0.15, 0.2) is 102 Å². The van der Waals surface area contributed by atoms with Crippen molar-refractivity contribution in [3.05, 3.63) is 125 Å². The van der Waals surface area contributed by atoms with E-state index in [0.717, 1.165) is 32.7 Å². The number of hydrogen-bond acceptors (Lipinski definition) is 15. The van der Waals surface area contributed by atoms with Gasteiger partial charge in [0.2, 0.25) is 0 Å². The second kappa shape index (κ2) is 20.5. The van der Waals surface area contributed by atoms with Gasteiger partial charge in [0.05, 0.1) is 70.6 Å². The standard InChI is InChI=1S/C24H29N3O4S.C22H25N3O5S2/c1-23(2,29)14-31-13-17-6-5-7-20(26-17)27-22-18(21(25)28)12-19(32-22)15-8-10-16(11-9-15)24(3,4)30;1-22(2,27)13-30-12-15-5-4-6-19(24-15)25-21-17(20(23)26)11-18(31-21)14-7-9-16(10-8-14)32(3,28)29/h5-12,29-30H,13-14H2,1-4H3,(H2,25,28)(H,26,27);4-11,27H,12-13H2,1-3H3,(H2,23,26)(H,24,25). The van der Waals surface area contributed by atoms with E-state index in [4.69, 9.17) is 20.9 Å². The second-order valence-electron chi connectivity index (χ2n) is 16.8. The lowest BCUT2D eigenvalue weighted by Crippen LogP contribution is -2.25. The van der Waals surface area contributed by atoms with Crippen LogP contribution < -0.4 is 22.1 Å². The summed E-state index contributed by atoms with van der Waals surface area (Å²) in [5.41, 5.74) is 12.9. The molecular formula is C46H54N6O9S3. The molecule has 4 heterocycles. The Hall–Kier alpha value is -5.57. The number of hydrogen-bond donors (Lipinski definition) is 7. The number of aromatic nitrogens is 2. The van der Waals surface area contributed by atoms with E-state index in [9.17, 15) is 33.3 Å². The molecule has 0 bridgehead atoms. The zero-order chi connectivity index (χ0) is 47.0. The molecule has 0 unspecified atom stereocenters. The number of carbonyl (C=O) groups is 2. The van der Waals surface area contributed by atoms with Crippen LogP contribution in [0, 0.1) is 0 Å². The van der Waals surface area contributed by atoms with Crippen molar-refractivity contribution in [3.8, 4) is 20.9 Å². The summed E-state index contributed by atoms with van der Waals surface area (Å²) in [6, 6.07) is 28.2. The third-order valence-electron chi connectivity index (χ3n) is 8.95. The molecule has 15 nitrogen and oxygen atoms in total. The van der Waals surface area contributed by atoms with Crippen molar-refractivity contribution in [1.29, 1.82) is 0 Å². The van der Waals surface area contributed by atoms with Crippen molar-refractivity contribution in [1.82, 2.24) is 9.97 Å².